The van der Waals surface area contributed by atoms with Crippen LogP contribution in [0.15, 0.2) is 59.0 Å². The summed E-state index contributed by atoms with van der Waals surface area (Å²) in [4.78, 5) is 26.4. The Kier molecular flexibility index (Phi) is 6.81. The molecule has 9 heteroatoms. The minimum atomic E-state index is -1.10. The van der Waals surface area contributed by atoms with Gasteiger partial charge in [0.15, 0.2) is 0 Å². The Morgan fingerprint density at radius 1 is 1.16 bits per heavy atom. The number of aromatic carboxylic acids is 1. The van der Waals surface area contributed by atoms with Crippen LogP contribution < -0.4 is 10.6 Å². The number of nitrogens with zero attached hydrogens (tertiary/aromatic N) is 1. The number of carboxylic acid groups (broad SMARTS) is 1. The number of furan rings is 1. The van der Waals surface area contributed by atoms with E-state index in [0.29, 0.717) is 46.8 Å². The first kappa shape index (κ1) is 22.4. The number of halogens is 2. The maximum Gasteiger partial charge on any atom is 0.337 e. The molecule has 0 unspecified atom stereocenters. The normalized spacial score (nSPS) is 16.6. The summed E-state index contributed by atoms with van der Waals surface area (Å²) in [5.74, 6) is -0.0985. The van der Waals surface area contributed by atoms with Gasteiger partial charge in [0, 0.05) is 30.2 Å². The molecule has 1 saturated heterocycles. The molecule has 1 amide bonds. The molecule has 1 aliphatic rings. The second-order valence-corrected chi connectivity index (χ2v) is 8.26. The SMILES string of the molecule is O=C(O)c1ccccc1NC(=O)[C@@H]1CNCCN1Cc1ccc(-c2cc(Cl)ccc2Cl)o1. The fraction of sp³-hybridized carbons (Fsp3) is 0.217. The van der Waals surface area contributed by atoms with Gasteiger partial charge in [-0.1, -0.05) is 35.3 Å². The molecule has 1 aliphatic heterocycles. The van der Waals surface area contributed by atoms with Crippen LogP contribution in [0.25, 0.3) is 11.3 Å². The fourth-order valence-electron chi connectivity index (χ4n) is 3.68. The number of benzene rings is 2. The van der Waals surface area contributed by atoms with Gasteiger partial charge >= 0.3 is 5.97 Å². The van der Waals surface area contributed by atoms with Crippen LogP contribution in [-0.2, 0) is 11.3 Å². The molecule has 0 aliphatic carbocycles. The molecule has 0 radical (unpaired) electrons. The van der Waals surface area contributed by atoms with Crippen molar-refractivity contribution in [1.29, 1.82) is 0 Å². The number of rotatable bonds is 6. The van der Waals surface area contributed by atoms with Gasteiger partial charge in [-0.15, -0.1) is 0 Å². The van der Waals surface area contributed by atoms with Crippen molar-refractivity contribution >= 4 is 40.8 Å². The molecular formula is C23H21Cl2N3O4. The number of nitrogens with one attached hydrogen (secondary N) is 2. The first-order valence-electron chi connectivity index (χ1n) is 10.0. The lowest BCUT2D eigenvalue weighted by molar-refractivity contribution is -0.122. The Balaban J connectivity index is 1.50. The zero-order chi connectivity index (χ0) is 22.7. The summed E-state index contributed by atoms with van der Waals surface area (Å²) in [5.41, 5.74) is 1.02. The summed E-state index contributed by atoms with van der Waals surface area (Å²) < 4.78 is 5.99. The summed E-state index contributed by atoms with van der Waals surface area (Å²) in [6.07, 6.45) is 0. The van der Waals surface area contributed by atoms with Crippen molar-refractivity contribution in [2.24, 2.45) is 0 Å². The molecule has 7 nitrogen and oxygen atoms in total. The molecule has 0 bridgehead atoms. The molecule has 1 aromatic heterocycles. The van der Waals surface area contributed by atoms with Crippen molar-refractivity contribution in [3.63, 3.8) is 0 Å². The maximum absolute atomic E-state index is 13.0. The quantitative estimate of drug-likeness (QED) is 0.492. The monoisotopic (exact) mass is 473 g/mol. The zero-order valence-electron chi connectivity index (χ0n) is 17.0. The average Bonchev–Trinajstić information content (AvgIpc) is 3.24. The molecule has 3 N–H and O–H groups in total. The van der Waals surface area contributed by atoms with Gasteiger partial charge in [-0.2, -0.15) is 0 Å². The van der Waals surface area contributed by atoms with E-state index in [0.717, 1.165) is 6.54 Å². The highest BCUT2D eigenvalue weighted by molar-refractivity contribution is 6.35. The van der Waals surface area contributed by atoms with Gasteiger partial charge < -0.3 is 20.2 Å². The molecule has 0 saturated carbocycles. The highest BCUT2D eigenvalue weighted by Crippen LogP contribution is 2.32. The smallest absolute Gasteiger partial charge is 0.337 e. The first-order chi connectivity index (χ1) is 15.4. The standard InChI is InChI=1S/C23H21Cl2N3O4/c24-14-5-7-18(25)17(11-14)21-8-6-15(32-21)13-28-10-9-26-12-20(28)22(29)27-19-4-2-1-3-16(19)23(30)31/h1-8,11,20,26H,9-10,12-13H2,(H,27,29)(H,30,31)/t20-/m0/s1. The van der Waals surface area contributed by atoms with E-state index in [1.807, 2.05) is 17.0 Å². The second kappa shape index (κ2) is 9.75. The highest BCUT2D eigenvalue weighted by Gasteiger charge is 2.30. The van der Waals surface area contributed by atoms with Gasteiger partial charge in [0.2, 0.25) is 5.91 Å². The summed E-state index contributed by atoms with van der Waals surface area (Å²) in [6.45, 7) is 2.21. The highest BCUT2D eigenvalue weighted by atomic mass is 35.5. The van der Waals surface area contributed by atoms with Crippen molar-refractivity contribution in [1.82, 2.24) is 10.2 Å². The lowest BCUT2D eigenvalue weighted by atomic mass is 10.1. The summed E-state index contributed by atoms with van der Waals surface area (Å²) in [5, 5.41) is 16.4. The third-order valence-electron chi connectivity index (χ3n) is 5.29. The molecule has 32 heavy (non-hydrogen) atoms. The molecule has 1 atom stereocenters. The van der Waals surface area contributed by atoms with Crippen LogP contribution in [0.3, 0.4) is 0 Å². The molecule has 3 aromatic rings. The van der Waals surface area contributed by atoms with Gasteiger partial charge in [-0.25, -0.2) is 4.79 Å². The van der Waals surface area contributed by atoms with Crippen LogP contribution in [0.5, 0.6) is 0 Å². The summed E-state index contributed by atoms with van der Waals surface area (Å²) >= 11 is 12.4. The van der Waals surface area contributed by atoms with E-state index in [1.165, 1.54) is 6.07 Å². The number of hydrogen-bond donors (Lipinski definition) is 3. The number of carbonyl (C=O) groups is 2. The third kappa shape index (κ3) is 4.97. The number of para-hydroxylation sites is 1. The van der Waals surface area contributed by atoms with Crippen LogP contribution in [0.1, 0.15) is 16.1 Å². The number of piperazine rings is 1. The van der Waals surface area contributed by atoms with Crippen molar-refractivity contribution in [3.8, 4) is 11.3 Å². The van der Waals surface area contributed by atoms with Gasteiger partial charge in [0.25, 0.3) is 0 Å². The summed E-state index contributed by atoms with van der Waals surface area (Å²) in [6, 6.07) is 14.7. The molecule has 2 aromatic carbocycles. The van der Waals surface area contributed by atoms with E-state index < -0.39 is 12.0 Å². The predicted molar refractivity (Wildman–Crippen MR) is 123 cm³/mol. The van der Waals surface area contributed by atoms with Crippen molar-refractivity contribution in [3.05, 3.63) is 76.0 Å². The molecule has 1 fully saturated rings. The van der Waals surface area contributed by atoms with E-state index in [-0.39, 0.29) is 17.2 Å². The van der Waals surface area contributed by atoms with Gasteiger partial charge in [-0.05, 0) is 42.5 Å². The molecular weight excluding hydrogens is 453 g/mol. The van der Waals surface area contributed by atoms with Crippen LogP contribution in [0.4, 0.5) is 5.69 Å². The van der Waals surface area contributed by atoms with E-state index in [1.54, 1.807) is 36.4 Å². The maximum atomic E-state index is 13.0. The Bertz CT molecular complexity index is 1150. The second-order valence-electron chi connectivity index (χ2n) is 7.42. The average molecular weight is 474 g/mol. The van der Waals surface area contributed by atoms with Crippen molar-refractivity contribution in [2.45, 2.75) is 12.6 Å². The molecule has 4 rings (SSSR count). The van der Waals surface area contributed by atoms with Gasteiger partial charge in [-0.3, -0.25) is 9.69 Å². The predicted octanol–water partition coefficient (Wildman–Crippen LogP) is 4.36. The zero-order valence-corrected chi connectivity index (χ0v) is 18.5. The molecule has 0 spiro atoms. The Hall–Kier alpha value is -2.84. The lowest BCUT2D eigenvalue weighted by Gasteiger charge is -2.34. The fourth-order valence-corrected chi connectivity index (χ4v) is 4.07. The number of carboxylic acids is 1. The molecule has 166 valence electrons. The largest absolute Gasteiger partial charge is 0.478 e. The van der Waals surface area contributed by atoms with Crippen LogP contribution >= 0.6 is 23.2 Å². The topological polar surface area (TPSA) is 94.8 Å². The Morgan fingerprint density at radius 3 is 2.78 bits per heavy atom. The van der Waals surface area contributed by atoms with Gasteiger partial charge in [0.1, 0.15) is 17.6 Å². The first-order valence-corrected chi connectivity index (χ1v) is 10.8. The third-order valence-corrected chi connectivity index (χ3v) is 5.85. The summed E-state index contributed by atoms with van der Waals surface area (Å²) in [7, 11) is 0. The number of anilines is 1. The number of hydrogen-bond acceptors (Lipinski definition) is 5. The van der Waals surface area contributed by atoms with Crippen LogP contribution in [0, 0.1) is 0 Å². The number of carbonyl (C=O) groups excluding carboxylic acids is 1. The van der Waals surface area contributed by atoms with E-state index >= 15 is 0 Å². The van der Waals surface area contributed by atoms with Crippen LogP contribution in [0.2, 0.25) is 10.0 Å². The minimum absolute atomic E-state index is 0.0465. The van der Waals surface area contributed by atoms with E-state index in [9.17, 15) is 14.7 Å². The molecule has 2 heterocycles. The van der Waals surface area contributed by atoms with E-state index in [4.69, 9.17) is 27.6 Å². The Labute approximate surface area is 194 Å². The van der Waals surface area contributed by atoms with Crippen LogP contribution in [-0.4, -0.2) is 47.6 Å². The van der Waals surface area contributed by atoms with Crippen molar-refractivity contribution in [2.75, 3.05) is 25.0 Å². The minimum Gasteiger partial charge on any atom is -0.478 e. The lowest BCUT2D eigenvalue weighted by Crippen LogP contribution is -2.55. The Morgan fingerprint density at radius 2 is 1.97 bits per heavy atom. The van der Waals surface area contributed by atoms with Gasteiger partial charge in [0.05, 0.1) is 22.8 Å². The number of amides is 1. The van der Waals surface area contributed by atoms with Crippen molar-refractivity contribution < 1.29 is 19.1 Å². The van der Waals surface area contributed by atoms with E-state index in [2.05, 4.69) is 10.6 Å².